The molecule has 1 fully saturated rings. The second kappa shape index (κ2) is 5.69. The molecule has 2 rings (SSSR count). The number of ether oxygens (including phenoxy) is 2. The number of carbonyl (C=O) groups is 1. The van der Waals surface area contributed by atoms with E-state index in [1.807, 2.05) is 39.8 Å². The van der Waals surface area contributed by atoms with E-state index < -0.39 is 5.60 Å². The monoisotopic (exact) mass is 278 g/mol. The highest BCUT2D eigenvalue weighted by molar-refractivity contribution is 5.69. The Morgan fingerprint density at radius 2 is 2.20 bits per heavy atom. The lowest BCUT2D eigenvalue weighted by molar-refractivity contribution is -0.0141. The van der Waals surface area contributed by atoms with E-state index in [0.717, 1.165) is 24.4 Å². The van der Waals surface area contributed by atoms with Crippen LogP contribution < -0.4 is 4.74 Å². The highest BCUT2D eigenvalue weighted by Crippen LogP contribution is 2.22. The molecule has 0 unspecified atom stereocenters. The molecule has 0 aliphatic carbocycles. The summed E-state index contributed by atoms with van der Waals surface area (Å²) in [4.78, 5) is 17.8. The molecule has 5 heteroatoms. The minimum atomic E-state index is -0.459. The number of nitrogens with zero attached hydrogens (tertiary/aromatic N) is 2. The summed E-state index contributed by atoms with van der Waals surface area (Å²) in [5, 5.41) is 0. The van der Waals surface area contributed by atoms with Crippen molar-refractivity contribution in [3.8, 4) is 5.75 Å². The molecule has 110 valence electrons. The zero-order chi connectivity index (χ0) is 14.8. The van der Waals surface area contributed by atoms with E-state index in [9.17, 15) is 4.79 Å². The third kappa shape index (κ3) is 3.85. The van der Waals surface area contributed by atoms with Crippen LogP contribution in [-0.4, -0.2) is 40.8 Å². The van der Waals surface area contributed by atoms with Gasteiger partial charge in [0.2, 0.25) is 0 Å². The fraction of sp³-hybridized carbons (Fsp3) is 0.600. The van der Waals surface area contributed by atoms with Crippen LogP contribution in [-0.2, 0) is 4.74 Å². The van der Waals surface area contributed by atoms with Crippen molar-refractivity contribution in [1.82, 2.24) is 9.88 Å². The molecule has 1 aromatic rings. The molecular weight excluding hydrogens is 256 g/mol. The number of aromatic nitrogens is 1. The zero-order valence-corrected chi connectivity index (χ0v) is 12.5. The largest absolute Gasteiger partial charge is 0.490 e. The van der Waals surface area contributed by atoms with Gasteiger partial charge >= 0.3 is 6.09 Å². The Hall–Kier alpha value is -1.78. The van der Waals surface area contributed by atoms with Crippen molar-refractivity contribution in [3.63, 3.8) is 0 Å². The first kappa shape index (κ1) is 14.6. The molecule has 1 saturated heterocycles. The van der Waals surface area contributed by atoms with Gasteiger partial charge in [0.15, 0.2) is 0 Å². The highest BCUT2D eigenvalue weighted by Gasteiger charge is 2.35. The lowest BCUT2D eigenvalue weighted by Crippen LogP contribution is -2.55. The van der Waals surface area contributed by atoms with Crippen molar-refractivity contribution in [3.05, 3.63) is 24.0 Å². The van der Waals surface area contributed by atoms with Crippen LogP contribution in [0.1, 0.15) is 32.9 Å². The lowest BCUT2D eigenvalue weighted by Gasteiger charge is -2.40. The Balaban J connectivity index is 1.82. The Kier molecular flexibility index (Phi) is 4.16. The smallest absolute Gasteiger partial charge is 0.410 e. The minimum absolute atomic E-state index is 0.0890. The lowest BCUT2D eigenvalue weighted by atomic mass is 10.1. The molecule has 0 spiro atoms. The number of hydrogen-bond donors (Lipinski definition) is 0. The van der Waals surface area contributed by atoms with Crippen molar-refractivity contribution in [2.75, 3.05) is 13.2 Å². The number of likely N-dealkylation sites (tertiary alicyclic amines) is 1. The topological polar surface area (TPSA) is 51.7 Å². The van der Waals surface area contributed by atoms with Crippen LogP contribution in [0.4, 0.5) is 4.79 Å². The van der Waals surface area contributed by atoms with E-state index in [1.165, 1.54) is 0 Å². The second-order valence-corrected chi connectivity index (χ2v) is 6.06. The molecule has 0 N–H and O–H groups in total. The van der Waals surface area contributed by atoms with Gasteiger partial charge in [-0.1, -0.05) is 0 Å². The van der Waals surface area contributed by atoms with Gasteiger partial charge in [-0.05, 0) is 46.2 Å². The number of carbonyl (C=O) groups excluding carboxylic acids is 1. The van der Waals surface area contributed by atoms with Crippen molar-refractivity contribution in [2.45, 2.75) is 45.8 Å². The molecule has 5 nitrogen and oxygen atoms in total. The van der Waals surface area contributed by atoms with Gasteiger partial charge in [-0.25, -0.2) is 4.79 Å². The first-order chi connectivity index (χ1) is 9.35. The first-order valence-electron chi connectivity index (χ1n) is 6.90. The molecular formula is C15H22N2O3. The van der Waals surface area contributed by atoms with E-state index in [2.05, 4.69) is 4.98 Å². The molecule has 1 amide bonds. The predicted octanol–water partition coefficient (Wildman–Crippen LogP) is 2.78. The average molecular weight is 278 g/mol. The summed E-state index contributed by atoms with van der Waals surface area (Å²) >= 11 is 0. The fourth-order valence-electron chi connectivity index (χ4n) is 1.91. The van der Waals surface area contributed by atoms with Crippen molar-refractivity contribution in [2.24, 2.45) is 0 Å². The van der Waals surface area contributed by atoms with Crippen LogP contribution in [0.15, 0.2) is 18.3 Å². The van der Waals surface area contributed by atoms with E-state index >= 15 is 0 Å². The number of amides is 1. The summed E-state index contributed by atoms with van der Waals surface area (Å²) in [6.45, 7) is 8.75. The van der Waals surface area contributed by atoms with Gasteiger partial charge in [-0.3, -0.25) is 4.98 Å². The van der Waals surface area contributed by atoms with Crippen molar-refractivity contribution in [1.29, 1.82) is 0 Å². The predicted molar refractivity (Wildman–Crippen MR) is 75.8 cm³/mol. The standard InChI is InChI=1S/C15H22N2O3/c1-11-5-6-13(9-16-11)19-10-12-7-8-17(12)14(18)20-15(2,3)4/h5-6,9,12H,7-8,10H2,1-4H3/t12-/m0/s1. The van der Waals surface area contributed by atoms with Gasteiger partial charge in [-0.2, -0.15) is 0 Å². The maximum Gasteiger partial charge on any atom is 0.410 e. The van der Waals surface area contributed by atoms with Crippen LogP contribution in [0.2, 0.25) is 0 Å². The van der Waals surface area contributed by atoms with Gasteiger partial charge in [0.1, 0.15) is 18.0 Å². The number of rotatable bonds is 3. The maximum absolute atomic E-state index is 11.9. The Bertz CT molecular complexity index is 465. The van der Waals surface area contributed by atoms with Gasteiger partial charge in [0.25, 0.3) is 0 Å². The molecule has 1 aliphatic rings. The molecule has 1 atom stereocenters. The van der Waals surface area contributed by atoms with E-state index in [4.69, 9.17) is 9.47 Å². The summed E-state index contributed by atoms with van der Waals surface area (Å²) in [6.07, 6.45) is 2.38. The molecule has 1 aliphatic heterocycles. The molecule has 1 aromatic heterocycles. The molecule has 0 radical (unpaired) electrons. The summed E-state index contributed by atoms with van der Waals surface area (Å²) in [7, 11) is 0. The second-order valence-electron chi connectivity index (χ2n) is 6.06. The Morgan fingerprint density at radius 3 is 2.70 bits per heavy atom. The molecule has 0 aromatic carbocycles. The molecule has 0 saturated carbocycles. The highest BCUT2D eigenvalue weighted by atomic mass is 16.6. The number of pyridine rings is 1. The van der Waals surface area contributed by atoms with Crippen LogP contribution in [0.5, 0.6) is 5.75 Å². The summed E-state index contributed by atoms with van der Waals surface area (Å²) < 4.78 is 11.0. The van der Waals surface area contributed by atoms with E-state index in [1.54, 1.807) is 11.1 Å². The zero-order valence-electron chi connectivity index (χ0n) is 12.5. The molecule has 0 bridgehead atoms. The van der Waals surface area contributed by atoms with Crippen LogP contribution >= 0.6 is 0 Å². The van der Waals surface area contributed by atoms with Crippen LogP contribution in [0.25, 0.3) is 0 Å². The number of hydrogen-bond acceptors (Lipinski definition) is 4. The minimum Gasteiger partial charge on any atom is -0.490 e. The van der Waals surface area contributed by atoms with Crippen LogP contribution in [0.3, 0.4) is 0 Å². The Morgan fingerprint density at radius 1 is 1.45 bits per heavy atom. The summed E-state index contributed by atoms with van der Waals surface area (Å²) in [6, 6.07) is 3.88. The van der Waals surface area contributed by atoms with Gasteiger partial charge < -0.3 is 14.4 Å². The fourth-order valence-corrected chi connectivity index (χ4v) is 1.91. The summed E-state index contributed by atoms with van der Waals surface area (Å²) in [5.41, 5.74) is 0.496. The number of aryl methyl sites for hydroxylation is 1. The third-order valence-electron chi connectivity index (χ3n) is 3.10. The van der Waals surface area contributed by atoms with Crippen molar-refractivity contribution < 1.29 is 14.3 Å². The first-order valence-corrected chi connectivity index (χ1v) is 6.90. The van der Waals surface area contributed by atoms with Gasteiger partial charge in [0.05, 0.1) is 12.2 Å². The third-order valence-corrected chi connectivity index (χ3v) is 3.10. The Labute approximate surface area is 119 Å². The van der Waals surface area contributed by atoms with Crippen LogP contribution in [0, 0.1) is 6.92 Å². The van der Waals surface area contributed by atoms with Gasteiger partial charge in [-0.15, -0.1) is 0 Å². The average Bonchev–Trinajstić information content (AvgIpc) is 2.27. The SMILES string of the molecule is Cc1ccc(OC[C@@H]2CCN2C(=O)OC(C)(C)C)cn1. The quantitative estimate of drug-likeness (QED) is 0.853. The normalized spacial score (nSPS) is 18.4. The van der Waals surface area contributed by atoms with E-state index in [-0.39, 0.29) is 12.1 Å². The maximum atomic E-state index is 11.9. The van der Waals surface area contributed by atoms with E-state index in [0.29, 0.717) is 6.61 Å². The van der Waals surface area contributed by atoms with Crippen molar-refractivity contribution >= 4 is 6.09 Å². The molecule has 20 heavy (non-hydrogen) atoms. The molecule has 2 heterocycles. The summed E-state index contributed by atoms with van der Waals surface area (Å²) in [5.74, 6) is 0.728. The van der Waals surface area contributed by atoms with Gasteiger partial charge in [0, 0.05) is 12.2 Å².